The Morgan fingerprint density at radius 2 is 1.41 bits per heavy atom. The van der Waals surface area contributed by atoms with Crippen LogP contribution < -0.4 is 10.2 Å². The molecule has 0 spiro atoms. The van der Waals surface area contributed by atoms with Gasteiger partial charge in [0.1, 0.15) is 16.8 Å². The number of aromatic nitrogens is 3. The standard InChI is InChI=1S/C43H36N6O5/c1-53-42(50)36-25-34(47-21-23-54-24-22-47)26-40(41(36)49(51)52)46-39-27-38(45-37-20-12-11-19-35(37)39)30-28-44-48(29-30)43(31-13-5-2-6-14-31,32-15-7-3-8-16-32)33-17-9-4-10-18-33/h2-20,25-29H,21-24H2,1H3,(H,45,46). The predicted octanol–water partition coefficient (Wildman–Crippen LogP) is 8.21. The van der Waals surface area contributed by atoms with E-state index in [2.05, 4.69) is 41.7 Å². The molecule has 1 fully saturated rings. The molecule has 268 valence electrons. The first-order chi connectivity index (χ1) is 26.5. The maximum absolute atomic E-state index is 13.0. The molecule has 11 heteroatoms. The summed E-state index contributed by atoms with van der Waals surface area (Å²) in [5.41, 5.74) is 5.11. The second-order valence-corrected chi connectivity index (χ2v) is 12.9. The topological polar surface area (TPSA) is 125 Å². The molecule has 11 nitrogen and oxygen atoms in total. The first kappa shape index (κ1) is 34.2. The number of esters is 1. The van der Waals surface area contributed by atoms with Crippen LogP contribution in [-0.4, -0.2) is 59.1 Å². The molecule has 8 rings (SSSR count). The van der Waals surface area contributed by atoms with Crippen molar-refractivity contribution in [2.75, 3.05) is 43.6 Å². The lowest BCUT2D eigenvalue weighted by atomic mass is 9.77. The molecule has 0 atom stereocenters. The fraction of sp³-hybridized carbons (Fsp3) is 0.140. The van der Waals surface area contributed by atoms with Crippen LogP contribution in [0, 0.1) is 10.1 Å². The van der Waals surface area contributed by atoms with Gasteiger partial charge >= 0.3 is 11.7 Å². The van der Waals surface area contributed by atoms with Crippen LogP contribution in [0.4, 0.5) is 22.7 Å². The van der Waals surface area contributed by atoms with Gasteiger partial charge in [-0.25, -0.2) is 9.78 Å². The monoisotopic (exact) mass is 716 g/mol. The Labute approximate surface area is 311 Å². The SMILES string of the molecule is COC(=O)c1cc(N2CCOCC2)cc(Nc2cc(-c3cnn(C(c4ccccc4)(c4ccccc4)c4ccccc4)c3)nc3ccccc23)c1[N+](=O)[O-]. The van der Waals surface area contributed by atoms with Gasteiger partial charge in [0.2, 0.25) is 0 Å². The number of benzene rings is 5. The summed E-state index contributed by atoms with van der Waals surface area (Å²) in [6.07, 6.45) is 3.78. The van der Waals surface area contributed by atoms with Gasteiger partial charge in [-0.1, -0.05) is 109 Å². The highest BCUT2D eigenvalue weighted by Gasteiger charge is 2.39. The van der Waals surface area contributed by atoms with Crippen molar-refractivity contribution in [3.05, 3.63) is 178 Å². The van der Waals surface area contributed by atoms with Crippen molar-refractivity contribution < 1.29 is 19.2 Å². The van der Waals surface area contributed by atoms with E-state index >= 15 is 0 Å². The number of hydrogen-bond acceptors (Lipinski definition) is 9. The highest BCUT2D eigenvalue weighted by Crippen LogP contribution is 2.42. The third kappa shape index (κ3) is 6.20. The molecule has 3 heterocycles. The number of pyridine rings is 1. The molecule has 2 aromatic heterocycles. The highest BCUT2D eigenvalue weighted by molar-refractivity contribution is 6.01. The average molecular weight is 717 g/mol. The number of methoxy groups -OCH3 is 1. The van der Waals surface area contributed by atoms with Gasteiger partial charge in [0.15, 0.2) is 0 Å². The third-order valence-corrected chi connectivity index (χ3v) is 9.84. The van der Waals surface area contributed by atoms with Gasteiger partial charge in [-0.2, -0.15) is 5.10 Å². The fourth-order valence-corrected chi connectivity index (χ4v) is 7.33. The van der Waals surface area contributed by atoms with Crippen LogP contribution in [0.1, 0.15) is 27.0 Å². The Balaban J connectivity index is 1.29. The molecule has 5 aromatic carbocycles. The molecule has 7 aromatic rings. The summed E-state index contributed by atoms with van der Waals surface area (Å²) < 4.78 is 12.5. The van der Waals surface area contributed by atoms with Gasteiger partial charge in [0, 0.05) is 35.9 Å². The summed E-state index contributed by atoms with van der Waals surface area (Å²) in [6, 6.07) is 43.5. The second kappa shape index (κ2) is 14.6. The fourth-order valence-electron chi connectivity index (χ4n) is 7.33. The number of ether oxygens (including phenoxy) is 2. The number of carbonyl (C=O) groups is 1. The van der Waals surface area contributed by atoms with Gasteiger partial charge in [-0.05, 0) is 41.0 Å². The quantitative estimate of drug-likeness (QED) is 0.0645. The first-order valence-corrected chi connectivity index (χ1v) is 17.6. The average Bonchev–Trinajstić information content (AvgIpc) is 3.72. The number of carbonyl (C=O) groups excluding carboxylic acids is 1. The minimum Gasteiger partial charge on any atom is -0.465 e. The molecule has 0 amide bonds. The van der Waals surface area contributed by atoms with Gasteiger partial charge in [-0.3, -0.25) is 14.8 Å². The zero-order valence-corrected chi connectivity index (χ0v) is 29.5. The number of morpholine rings is 1. The van der Waals surface area contributed by atoms with Crippen molar-refractivity contribution in [2.24, 2.45) is 0 Å². The van der Waals surface area contributed by atoms with Crippen LogP contribution >= 0.6 is 0 Å². The molecule has 0 unspecified atom stereocenters. The summed E-state index contributed by atoms with van der Waals surface area (Å²) in [5.74, 6) is -0.800. The summed E-state index contributed by atoms with van der Waals surface area (Å²) in [4.78, 5) is 32.2. The highest BCUT2D eigenvalue weighted by atomic mass is 16.6. The lowest BCUT2D eigenvalue weighted by Gasteiger charge is -2.36. The Kier molecular flexibility index (Phi) is 9.29. The number of fused-ring (bicyclic) bond motifs is 1. The van der Waals surface area contributed by atoms with Crippen molar-refractivity contribution in [2.45, 2.75) is 5.54 Å². The molecule has 1 aliphatic rings. The van der Waals surface area contributed by atoms with Gasteiger partial charge < -0.3 is 19.7 Å². The molecule has 0 aliphatic carbocycles. The van der Waals surface area contributed by atoms with Crippen molar-refractivity contribution in [1.29, 1.82) is 0 Å². The molecule has 0 saturated carbocycles. The number of anilines is 3. The largest absolute Gasteiger partial charge is 0.465 e. The van der Waals surface area contributed by atoms with Crippen molar-refractivity contribution in [3.8, 4) is 11.3 Å². The third-order valence-electron chi connectivity index (χ3n) is 9.84. The number of nitro groups is 1. The minimum atomic E-state index is -0.829. The second-order valence-electron chi connectivity index (χ2n) is 12.9. The summed E-state index contributed by atoms with van der Waals surface area (Å²) >= 11 is 0. The van der Waals surface area contributed by atoms with Gasteiger partial charge in [-0.15, -0.1) is 0 Å². The van der Waals surface area contributed by atoms with E-state index in [1.807, 2.05) is 101 Å². The van der Waals surface area contributed by atoms with E-state index < -0.39 is 16.4 Å². The Hall–Kier alpha value is -6.85. The number of nitrogens with one attached hydrogen (secondary N) is 1. The Morgan fingerprint density at radius 3 is 2.00 bits per heavy atom. The van der Waals surface area contributed by atoms with Crippen LogP contribution in [0.2, 0.25) is 0 Å². The van der Waals surface area contributed by atoms with E-state index in [1.165, 1.54) is 13.2 Å². The van der Waals surface area contributed by atoms with Crippen molar-refractivity contribution in [3.63, 3.8) is 0 Å². The summed E-state index contributed by atoms with van der Waals surface area (Å²) in [7, 11) is 1.21. The van der Waals surface area contributed by atoms with E-state index in [0.29, 0.717) is 48.9 Å². The number of nitro benzene ring substituents is 1. The lowest BCUT2D eigenvalue weighted by Crippen LogP contribution is -2.38. The van der Waals surface area contributed by atoms with E-state index in [-0.39, 0.29) is 16.9 Å². The van der Waals surface area contributed by atoms with Gasteiger partial charge in [0.25, 0.3) is 0 Å². The zero-order chi connectivity index (χ0) is 37.1. The normalized spacial score (nSPS) is 13.1. The van der Waals surface area contributed by atoms with Crippen LogP contribution in [0.25, 0.3) is 22.2 Å². The molecule has 0 bridgehead atoms. The molecule has 1 N–H and O–H groups in total. The van der Waals surface area contributed by atoms with E-state index in [1.54, 1.807) is 12.3 Å². The summed E-state index contributed by atoms with van der Waals surface area (Å²) in [6.45, 7) is 2.14. The van der Waals surface area contributed by atoms with E-state index in [4.69, 9.17) is 19.6 Å². The molecule has 0 radical (unpaired) electrons. The van der Waals surface area contributed by atoms with Crippen LogP contribution in [-0.2, 0) is 15.0 Å². The van der Waals surface area contributed by atoms with Crippen LogP contribution in [0.15, 0.2) is 146 Å². The van der Waals surface area contributed by atoms with E-state index in [9.17, 15) is 14.9 Å². The molecule has 54 heavy (non-hydrogen) atoms. The maximum Gasteiger partial charge on any atom is 0.345 e. The van der Waals surface area contributed by atoms with Crippen molar-refractivity contribution >= 4 is 39.6 Å². The molecular formula is C43H36N6O5. The molecule has 1 saturated heterocycles. The Morgan fingerprint density at radius 1 is 0.815 bits per heavy atom. The Bertz CT molecular complexity index is 2350. The number of rotatable bonds is 10. The number of hydrogen-bond donors (Lipinski definition) is 1. The van der Waals surface area contributed by atoms with E-state index in [0.717, 1.165) is 27.6 Å². The first-order valence-electron chi connectivity index (χ1n) is 17.6. The van der Waals surface area contributed by atoms with Crippen LogP contribution in [0.5, 0.6) is 0 Å². The van der Waals surface area contributed by atoms with Gasteiger partial charge in [0.05, 0.1) is 48.3 Å². The maximum atomic E-state index is 13.0. The lowest BCUT2D eigenvalue weighted by molar-refractivity contribution is -0.384. The minimum absolute atomic E-state index is 0.145. The summed E-state index contributed by atoms with van der Waals surface area (Å²) in [5, 5.41) is 21.8. The van der Waals surface area contributed by atoms with Crippen molar-refractivity contribution in [1.82, 2.24) is 14.8 Å². The smallest absolute Gasteiger partial charge is 0.345 e. The number of para-hydroxylation sites is 1. The molecule has 1 aliphatic heterocycles. The molecular weight excluding hydrogens is 681 g/mol. The predicted molar refractivity (Wildman–Crippen MR) is 208 cm³/mol. The zero-order valence-electron chi connectivity index (χ0n) is 29.5. The number of nitrogens with zero attached hydrogens (tertiary/aromatic N) is 5. The van der Waals surface area contributed by atoms with Crippen LogP contribution in [0.3, 0.4) is 0 Å².